The van der Waals surface area contributed by atoms with E-state index in [1.54, 1.807) is 6.07 Å². The van der Waals surface area contributed by atoms with Crippen LogP contribution >= 0.6 is 47.8 Å². The summed E-state index contributed by atoms with van der Waals surface area (Å²) in [7, 11) is 0. The molecule has 0 saturated heterocycles. The molecular formula is C16H14Br3F. The van der Waals surface area contributed by atoms with E-state index in [1.165, 1.54) is 11.6 Å². The minimum atomic E-state index is -0.214. The van der Waals surface area contributed by atoms with Crippen LogP contribution in [-0.2, 0) is 11.8 Å². The molecule has 0 spiro atoms. The second kappa shape index (κ2) is 7.19. The van der Waals surface area contributed by atoms with Crippen molar-refractivity contribution in [2.45, 2.75) is 11.8 Å². The Hall–Kier alpha value is -0.190. The second-order valence-corrected chi connectivity index (χ2v) is 6.72. The molecule has 0 saturated carbocycles. The predicted molar refractivity (Wildman–Crippen MR) is 93.5 cm³/mol. The first-order chi connectivity index (χ1) is 9.63. The van der Waals surface area contributed by atoms with Crippen LogP contribution < -0.4 is 0 Å². The average molecular weight is 465 g/mol. The molecule has 20 heavy (non-hydrogen) atoms. The van der Waals surface area contributed by atoms with Crippen LogP contribution in [0.1, 0.15) is 11.1 Å². The molecule has 106 valence electrons. The fraction of sp³-hybridized carbons (Fsp3) is 0.250. The summed E-state index contributed by atoms with van der Waals surface area (Å²) in [6, 6.07) is 15.5. The number of alkyl halides is 2. The lowest BCUT2D eigenvalue weighted by Gasteiger charge is -2.31. The molecule has 0 heterocycles. The van der Waals surface area contributed by atoms with E-state index in [-0.39, 0.29) is 11.2 Å². The maximum Gasteiger partial charge on any atom is 0.137 e. The van der Waals surface area contributed by atoms with Crippen LogP contribution in [0.3, 0.4) is 0 Å². The molecule has 2 aromatic carbocycles. The summed E-state index contributed by atoms with van der Waals surface area (Å²) >= 11 is 10.6. The van der Waals surface area contributed by atoms with Gasteiger partial charge < -0.3 is 0 Å². The van der Waals surface area contributed by atoms with Crippen molar-refractivity contribution in [3.8, 4) is 0 Å². The van der Waals surface area contributed by atoms with Gasteiger partial charge in [0.1, 0.15) is 5.82 Å². The van der Waals surface area contributed by atoms with E-state index in [1.807, 2.05) is 24.3 Å². The number of hydrogen-bond donors (Lipinski definition) is 0. The first-order valence-electron chi connectivity index (χ1n) is 6.23. The Morgan fingerprint density at radius 1 is 0.900 bits per heavy atom. The third-order valence-corrected chi connectivity index (χ3v) is 6.49. The van der Waals surface area contributed by atoms with Crippen LogP contribution in [0.2, 0.25) is 0 Å². The van der Waals surface area contributed by atoms with Gasteiger partial charge in [0.05, 0.1) is 4.47 Å². The molecule has 0 aromatic heterocycles. The van der Waals surface area contributed by atoms with Gasteiger partial charge in [-0.25, -0.2) is 4.39 Å². The summed E-state index contributed by atoms with van der Waals surface area (Å²) < 4.78 is 14.3. The highest BCUT2D eigenvalue weighted by atomic mass is 79.9. The maximum atomic E-state index is 13.7. The van der Waals surface area contributed by atoms with Crippen molar-refractivity contribution in [1.82, 2.24) is 0 Å². The van der Waals surface area contributed by atoms with E-state index in [4.69, 9.17) is 0 Å². The Kier molecular flexibility index (Phi) is 5.82. The van der Waals surface area contributed by atoms with E-state index in [0.717, 1.165) is 22.6 Å². The van der Waals surface area contributed by atoms with Crippen LogP contribution in [0.25, 0.3) is 0 Å². The predicted octanol–water partition coefficient (Wildman–Crippen LogP) is 5.86. The lowest BCUT2D eigenvalue weighted by atomic mass is 9.79. The van der Waals surface area contributed by atoms with E-state index >= 15 is 0 Å². The van der Waals surface area contributed by atoms with E-state index in [2.05, 4.69) is 59.9 Å². The van der Waals surface area contributed by atoms with Gasteiger partial charge in [-0.05, 0) is 39.5 Å². The van der Waals surface area contributed by atoms with Crippen molar-refractivity contribution in [3.05, 3.63) is 69.9 Å². The van der Waals surface area contributed by atoms with Gasteiger partial charge >= 0.3 is 0 Å². The fourth-order valence-corrected chi connectivity index (χ4v) is 4.60. The van der Waals surface area contributed by atoms with E-state index in [9.17, 15) is 4.39 Å². The molecule has 0 aliphatic carbocycles. The van der Waals surface area contributed by atoms with Crippen LogP contribution in [0.4, 0.5) is 4.39 Å². The van der Waals surface area contributed by atoms with Crippen molar-refractivity contribution >= 4 is 47.8 Å². The maximum absolute atomic E-state index is 13.7. The SMILES string of the molecule is Fc1cccc(CC(CBr)(CBr)c2ccccc2)c1Br. The molecule has 0 bridgehead atoms. The monoisotopic (exact) mass is 462 g/mol. The Labute approximate surface area is 144 Å². The highest BCUT2D eigenvalue weighted by molar-refractivity contribution is 9.10. The quantitative estimate of drug-likeness (QED) is 0.486. The highest BCUT2D eigenvalue weighted by Crippen LogP contribution is 2.35. The summed E-state index contributed by atoms with van der Waals surface area (Å²) in [6.45, 7) is 0. The van der Waals surface area contributed by atoms with Gasteiger partial charge in [0.2, 0.25) is 0 Å². The van der Waals surface area contributed by atoms with Gasteiger partial charge in [0.25, 0.3) is 0 Å². The van der Waals surface area contributed by atoms with Crippen LogP contribution in [0.5, 0.6) is 0 Å². The molecule has 0 nitrogen and oxygen atoms in total. The zero-order chi connectivity index (χ0) is 14.6. The zero-order valence-corrected chi connectivity index (χ0v) is 15.5. The molecule has 0 fully saturated rings. The fourth-order valence-electron chi connectivity index (χ4n) is 2.23. The molecule has 2 aromatic rings. The Balaban J connectivity index is 2.42. The molecule has 4 heteroatoms. The van der Waals surface area contributed by atoms with E-state index in [0.29, 0.717) is 4.47 Å². The van der Waals surface area contributed by atoms with Crippen molar-refractivity contribution in [2.24, 2.45) is 0 Å². The summed E-state index contributed by atoms with van der Waals surface area (Å²) in [5.41, 5.74) is 2.12. The molecule has 0 atom stereocenters. The molecule has 0 radical (unpaired) electrons. The number of benzene rings is 2. The first kappa shape index (κ1) is 16.2. The first-order valence-corrected chi connectivity index (χ1v) is 9.27. The molecule has 0 N–H and O–H groups in total. The van der Waals surface area contributed by atoms with Gasteiger partial charge in [-0.1, -0.05) is 74.3 Å². The highest BCUT2D eigenvalue weighted by Gasteiger charge is 2.31. The normalized spacial score (nSPS) is 11.6. The number of hydrogen-bond acceptors (Lipinski definition) is 0. The zero-order valence-electron chi connectivity index (χ0n) is 10.8. The molecule has 2 rings (SSSR count). The van der Waals surface area contributed by atoms with Gasteiger partial charge in [-0.15, -0.1) is 0 Å². The minimum Gasteiger partial charge on any atom is -0.206 e. The van der Waals surface area contributed by atoms with Gasteiger partial charge in [0, 0.05) is 16.1 Å². The average Bonchev–Trinajstić information content (AvgIpc) is 2.50. The van der Waals surface area contributed by atoms with Gasteiger partial charge in [0.15, 0.2) is 0 Å². The van der Waals surface area contributed by atoms with Crippen molar-refractivity contribution in [1.29, 1.82) is 0 Å². The van der Waals surface area contributed by atoms with Crippen LogP contribution in [-0.4, -0.2) is 10.7 Å². The topological polar surface area (TPSA) is 0 Å². The Morgan fingerprint density at radius 3 is 2.15 bits per heavy atom. The van der Waals surface area contributed by atoms with Crippen molar-refractivity contribution < 1.29 is 4.39 Å². The summed E-state index contributed by atoms with van der Waals surface area (Å²) in [5, 5.41) is 1.61. The van der Waals surface area contributed by atoms with Crippen molar-refractivity contribution in [2.75, 3.05) is 10.7 Å². The van der Waals surface area contributed by atoms with Crippen LogP contribution in [0, 0.1) is 5.82 Å². The smallest absolute Gasteiger partial charge is 0.137 e. The van der Waals surface area contributed by atoms with E-state index < -0.39 is 0 Å². The summed E-state index contributed by atoms with van der Waals surface area (Å²) in [5.74, 6) is -0.214. The van der Waals surface area contributed by atoms with Crippen molar-refractivity contribution in [3.63, 3.8) is 0 Å². The van der Waals surface area contributed by atoms with Gasteiger partial charge in [-0.2, -0.15) is 0 Å². The lowest BCUT2D eigenvalue weighted by molar-refractivity contribution is 0.544. The number of halogens is 4. The summed E-state index contributed by atoms with van der Waals surface area (Å²) in [4.78, 5) is 0. The second-order valence-electron chi connectivity index (χ2n) is 4.80. The van der Waals surface area contributed by atoms with Gasteiger partial charge in [-0.3, -0.25) is 0 Å². The third kappa shape index (κ3) is 3.34. The molecule has 0 aliphatic heterocycles. The molecule has 0 unspecified atom stereocenters. The Morgan fingerprint density at radius 2 is 1.55 bits per heavy atom. The molecule has 0 amide bonds. The molecular weight excluding hydrogens is 451 g/mol. The standard InChI is InChI=1S/C16H14Br3F/c17-10-16(11-18,13-6-2-1-3-7-13)9-12-5-4-8-14(20)15(12)19/h1-8H,9-11H2. The Bertz CT molecular complexity index is 565. The molecule has 0 aliphatic rings. The lowest BCUT2D eigenvalue weighted by Crippen LogP contribution is -2.33. The largest absolute Gasteiger partial charge is 0.206 e. The minimum absolute atomic E-state index is 0.0996. The summed E-state index contributed by atoms with van der Waals surface area (Å²) in [6.07, 6.45) is 0.756. The van der Waals surface area contributed by atoms with Crippen LogP contribution in [0.15, 0.2) is 53.0 Å². The third-order valence-electron chi connectivity index (χ3n) is 3.46. The number of rotatable bonds is 5.